The molecule has 0 saturated heterocycles. The highest BCUT2D eigenvalue weighted by atomic mass is 127. The van der Waals surface area contributed by atoms with Crippen molar-refractivity contribution >= 4 is 46.6 Å². The molecule has 9 nitrogen and oxygen atoms in total. The number of aliphatic carboxylic acids is 2. The van der Waals surface area contributed by atoms with Crippen LogP contribution in [-0.2, 0) is 19.2 Å². The Labute approximate surface area is 185 Å². The van der Waals surface area contributed by atoms with E-state index in [1.807, 2.05) is 57.5 Å². The van der Waals surface area contributed by atoms with Gasteiger partial charge in [0.15, 0.2) is 0 Å². The first-order valence-electron chi connectivity index (χ1n) is 9.20. The predicted octanol–water partition coefficient (Wildman–Crippen LogP) is 1.81. The van der Waals surface area contributed by atoms with Gasteiger partial charge in [-0.25, -0.2) is 8.32 Å². The molecular weight excluding hydrogens is 493 g/mol. The van der Waals surface area contributed by atoms with Crippen molar-refractivity contribution in [3.05, 3.63) is 11.6 Å². The number of nitrogens with zero attached hydrogens (tertiary/aromatic N) is 1. The van der Waals surface area contributed by atoms with Crippen LogP contribution < -0.4 is 8.85 Å². The molecule has 0 radical (unpaired) electrons. The molecule has 1 unspecified atom stereocenters. The van der Waals surface area contributed by atoms with E-state index >= 15 is 0 Å². The number of likely N-dealkylation sites (N-methyl/N-ethyl adjacent to an activating group) is 1. The highest BCUT2D eigenvalue weighted by Crippen LogP contribution is 2.24. The van der Waals surface area contributed by atoms with Crippen LogP contribution in [0.25, 0.3) is 0 Å². The summed E-state index contributed by atoms with van der Waals surface area (Å²) in [6.45, 7) is 11.2. The lowest BCUT2D eigenvalue weighted by Gasteiger charge is -2.36. The molecule has 166 valence electrons. The third-order valence-electron chi connectivity index (χ3n) is 4.46. The first kappa shape index (κ1) is 27.3. The number of carboxylic acid groups (broad SMARTS) is 2. The normalized spacial score (nSPS) is 15.4. The molecule has 4 N–H and O–H groups in total. The third-order valence-corrected chi connectivity index (χ3v) is 5.08. The summed E-state index contributed by atoms with van der Waals surface area (Å²) in [5.74, 6) is -3.60. The summed E-state index contributed by atoms with van der Waals surface area (Å²) >= 11 is 1.95. The number of carboxylic acids is 2. The Kier molecular flexibility index (Phi) is 10.8. The van der Waals surface area contributed by atoms with Crippen molar-refractivity contribution in [3.8, 4) is 0 Å². The van der Waals surface area contributed by atoms with Gasteiger partial charge in [0, 0.05) is 35.5 Å². The second kappa shape index (κ2) is 11.5. The quantitative estimate of drug-likeness (QED) is 0.194. The molecular formula is C19H32IN3O6. The molecule has 0 bridgehead atoms. The predicted molar refractivity (Wildman–Crippen MR) is 117 cm³/mol. The van der Waals surface area contributed by atoms with Crippen LogP contribution in [0.5, 0.6) is 0 Å². The Morgan fingerprint density at radius 1 is 1.14 bits per heavy atom. The summed E-state index contributed by atoms with van der Waals surface area (Å²) in [6.07, 6.45) is 0.874. The second-order valence-corrected chi connectivity index (χ2v) is 9.03. The zero-order valence-corrected chi connectivity index (χ0v) is 20.1. The van der Waals surface area contributed by atoms with E-state index in [0.29, 0.717) is 0 Å². The molecule has 0 aliphatic heterocycles. The van der Waals surface area contributed by atoms with Crippen LogP contribution >= 0.6 is 22.9 Å². The Bertz CT molecular complexity index is 657. The van der Waals surface area contributed by atoms with Gasteiger partial charge in [-0.05, 0) is 18.3 Å². The fourth-order valence-electron chi connectivity index (χ4n) is 2.66. The van der Waals surface area contributed by atoms with Gasteiger partial charge in [-0.3, -0.25) is 14.4 Å². The summed E-state index contributed by atoms with van der Waals surface area (Å²) in [4.78, 5) is 48.9. The van der Waals surface area contributed by atoms with Crippen molar-refractivity contribution in [2.24, 2.45) is 11.3 Å². The van der Waals surface area contributed by atoms with Crippen LogP contribution in [0, 0.1) is 11.3 Å². The van der Waals surface area contributed by atoms with Crippen LogP contribution in [0.1, 0.15) is 48.0 Å². The molecule has 3 atom stereocenters. The lowest BCUT2D eigenvalue weighted by atomic mass is 9.86. The first-order chi connectivity index (χ1) is 13.1. The number of carbonyl (C=O) groups excluding carboxylic acids is 2. The molecule has 0 aromatic rings. The molecule has 0 rings (SSSR count). The van der Waals surface area contributed by atoms with E-state index in [9.17, 15) is 19.2 Å². The number of amides is 2. The minimum atomic E-state index is -1.53. The summed E-state index contributed by atoms with van der Waals surface area (Å²) in [7, 11) is 1.66. The second-order valence-electron chi connectivity index (χ2n) is 8.40. The Balaban J connectivity index is 5.60. The topological polar surface area (TPSA) is 136 Å². The van der Waals surface area contributed by atoms with E-state index in [4.69, 9.17) is 10.2 Å². The molecule has 0 aromatic carbocycles. The molecule has 29 heavy (non-hydrogen) atoms. The van der Waals surface area contributed by atoms with E-state index in [0.717, 1.165) is 0 Å². The third kappa shape index (κ3) is 8.69. The van der Waals surface area contributed by atoms with Gasteiger partial charge in [-0.1, -0.05) is 40.7 Å². The number of hydrogen-bond acceptors (Lipinski definition) is 5. The maximum absolute atomic E-state index is 13.0. The maximum Gasteiger partial charge on any atom is 0.326 e. The molecule has 2 amide bonds. The minimum Gasteiger partial charge on any atom is -0.481 e. The molecule has 0 heterocycles. The van der Waals surface area contributed by atoms with Crippen molar-refractivity contribution in [1.82, 2.24) is 13.7 Å². The number of rotatable bonds is 10. The lowest BCUT2D eigenvalue weighted by Crippen LogP contribution is -2.52. The van der Waals surface area contributed by atoms with E-state index in [2.05, 4.69) is 8.85 Å². The van der Waals surface area contributed by atoms with Crippen molar-refractivity contribution in [1.29, 1.82) is 0 Å². The molecule has 0 fully saturated rings. The standard InChI is InChI=1S/C19H32IN3O6/c1-10(2)13(23(7)17(27)15(22-20)19(4,5)6)8-11(3)16(26)21-12(18(28)29)9-14(24)25/h8,10,12-13,15,22H,9H2,1-7H3,(H,21,26)(H,24,25)(H,28,29)/b11-8+/t12?,13-,15-/m1/s1. The molecule has 10 heteroatoms. The van der Waals surface area contributed by atoms with E-state index in [1.54, 1.807) is 18.0 Å². The average Bonchev–Trinajstić information content (AvgIpc) is 2.56. The zero-order valence-electron chi connectivity index (χ0n) is 17.9. The van der Waals surface area contributed by atoms with Crippen LogP contribution in [0.3, 0.4) is 0 Å². The van der Waals surface area contributed by atoms with Gasteiger partial charge in [-0.15, -0.1) is 0 Å². The van der Waals surface area contributed by atoms with Crippen LogP contribution in [-0.4, -0.2) is 64.0 Å². The molecule has 0 aliphatic carbocycles. The van der Waals surface area contributed by atoms with E-state index < -0.39 is 42.4 Å². The molecule has 0 saturated carbocycles. The molecule has 0 spiro atoms. The lowest BCUT2D eigenvalue weighted by molar-refractivity contribution is -0.146. The van der Waals surface area contributed by atoms with Gasteiger partial charge in [0.25, 0.3) is 0 Å². The largest absolute Gasteiger partial charge is 0.481 e. The smallest absolute Gasteiger partial charge is 0.326 e. The van der Waals surface area contributed by atoms with Crippen LogP contribution in [0.2, 0.25) is 0 Å². The number of hydrogen-bond donors (Lipinski definition) is 4. The van der Waals surface area contributed by atoms with Gasteiger partial charge in [0.2, 0.25) is 11.8 Å². The van der Waals surface area contributed by atoms with Gasteiger partial charge < -0.3 is 20.4 Å². The van der Waals surface area contributed by atoms with E-state index in [1.165, 1.54) is 6.92 Å². The molecule has 0 aromatic heterocycles. The summed E-state index contributed by atoms with van der Waals surface area (Å²) in [5, 5.41) is 20.1. The van der Waals surface area contributed by atoms with Gasteiger partial charge in [-0.2, -0.15) is 0 Å². The van der Waals surface area contributed by atoms with Crippen molar-refractivity contribution in [3.63, 3.8) is 0 Å². The minimum absolute atomic E-state index is 0.0178. The van der Waals surface area contributed by atoms with Crippen LogP contribution in [0.4, 0.5) is 0 Å². The highest BCUT2D eigenvalue weighted by Gasteiger charge is 2.35. The van der Waals surface area contributed by atoms with Crippen LogP contribution in [0.15, 0.2) is 11.6 Å². The monoisotopic (exact) mass is 525 g/mol. The Morgan fingerprint density at radius 3 is 2.00 bits per heavy atom. The Morgan fingerprint density at radius 2 is 1.66 bits per heavy atom. The summed E-state index contributed by atoms with van der Waals surface area (Å²) in [5.41, 5.74) is -0.120. The van der Waals surface area contributed by atoms with Crippen molar-refractivity contribution < 1.29 is 29.4 Å². The fourth-order valence-corrected chi connectivity index (χ4v) is 3.86. The average molecular weight is 525 g/mol. The molecule has 0 aliphatic rings. The zero-order chi connectivity index (χ0) is 23.1. The van der Waals surface area contributed by atoms with Gasteiger partial charge in [0.05, 0.1) is 12.5 Å². The first-order valence-corrected chi connectivity index (χ1v) is 10.3. The summed E-state index contributed by atoms with van der Waals surface area (Å²) < 4.78 is 3.01. The SMILES string of the molecule is C/C(=C\[C@H](C(C)C)N(C)C(=O)[C@@H](NI)C(C)(C)C)C(=O)NC(CC(=O)O)C(=O)O. The number of carbonyl (C=O) groups is 4. The summed E-state index contributed by atoms with van der Waals surface area (Å²) in [6, 6.07) is -2.39. The maximum atomic E-state index is 13.0. The van der Waals surface area contributed by atoms with Crippen molar-refractivity contribution in [2.75, 3.05) is 7.05 Å². The van der Waals surface area contributed by atoms with Crippen molar-refractivity contribution in [2.45, 2.75) is 66.1 Å². The highest BCUT2D eigenvalue weighted by molar-refractivity contribution is 14.1. The van der Waals surface area contributed by atoms with Gasteiger partial charge in [0.1, 0.15) is 12.1 Å². The Hall–Kier alpha value is -1.69. The fraction of sp³-hybridized carbons (Fsp3) is 0.684. The van der Waals surface area contributed by atoms with E-state index in [-0.39, 0.29) is 22.8 Å². The van der Waals surface area contributed by atoms with Gasteiger partial charge >= 0.3 is 11.9 Å². The number of nitrogens with one attached hydrogen (secondary N) is 2. The number of halogens is 1.